The molecule has 0 aromatic heterocycles. The number of carbonyl (C=O) groups excluding carboxylic acids is 2. The predicted molar refractivity (Wildman–Crippen MR) is 82.4 cm³/mol. The maximum Gasteiger partial charge on any atom is 0.335 e. The van der Waals surface area contributed by atoms with Crippen molar-refractivity contribution in [3.8, 4) is 0 Å². The minimum absolute atomic E-state index is 0.0150. The van der Waals surface area contributed by atoms with Crippen molar-refractivity contribution in [2.45, 2.75) is 44.9 Å². The third kappa shape index (κ3) is 3.05. The van der Waals surface area contributed by atoms with Crippen LogP contribution in [0.3, 0.4) is 0 Å². The van der Waals surface area contributed by atoms with E-state index in [-0.39, 0.29) is 31.1 Å². The Kier molecular flexibility index (Phi) is 4.55. The summed E-state index contributed by atoms with van der Waals surface area (Å²) in [6.45, 7) is 5.28. The van der Waals surface area contributed by atoms with Crippen LogP contribution in [-0.2, 0) is 19.1 Å². The van der Waals surface area contributed by atoms with Gasteiger partial charge in [-0.1, -0.05) is 19.1 Å². The molecule has 3 aliphatic rings. The Morgan fingerprint density at radius 3 is 2.91 bits per heavy atom. The van der Waals surface area contributed by atoms with Crippen LogP contribution in [-0.4, -0.2) is 59.9 Å². The van der Waals surface area contributed by atoms with Gasteiger partial charge >= 0.3 is 11.9 Å². The summed E-state index contributed by atoms with van der Waals surface area (Å²) in [6, 6.07) is -0.0150. The normalized spacial score (nSPS) is 37.5. The second-order valence-corrected chi connectivity index (χ2v) is 6.50. The number of aliphatic hydroxyl groups excluding tert-OH is 1. The average molecular weight is 321 g/mol. The first-order valence-electron chi connectivity index (χ1n) is 8.15. The summed E-state index contributed by atoms with van der Waals surface area (Å²) in [5.74, 6) is -1.39. The third-order valence-electron chi connectivity index (χ3n) is 4.99. The monoisotopic (exact) mass is 321 g/mol. The summed E-state index contributed by atoms with van der Waals surface area (Å²) in [5, 5.41) is 10.1. The molecule has 0 unspecified atom stereocenters. The minimum Gasteiger partial charge on any atom is -0.459 e. The highest BCUT2D eigenvalue weighted by atomic mass is 16.6. The average Bonchev–Trinajstić information content (AvgIpc) is 3.11. The summed E-state index contributed by atoms with van der Waals surface area (Å²) in [7, 11) is 0. The molecule has 2 saturated heterocycles. The summed E-state index contributed by atoms with van der Waals surface area (Å²) < 4.78 is 11.0. The molecule has 2 fully saturated rings. The number of allylic oxidation sites excluding steroid dienone is 1. The Hall–Kier alpha value is -1.66. The van der Waals surface area contributed by atoms with Gasteiger partial charge in [0.15, 0.2) is 6.10 Å². The molecule has 0 aliphatic carbocycles. The van der Waals surface area contributed by atoms with Gasteiger partial charge in [-0.2, -0.15) is 0 Å². The molecule has 3 heterocycles. The van der Waals surface area contributed by atoms with Crippen LogP contribution in [0.4, 0.5) is 0 Å². The molecule has 0 amide bonds. The third-order valence-corrected chi connectivity index (χ3v) is 4.99. The van der Waals surface area contributed by atoms with E-state index in [1.807, 2.05) is 6.08 Å². The van der Waals surface area contributed by atoms with Crippen molar-refractivity contribution >= 4 is 11.9 Å². The maximum absolute atomic E-state index is 12.4. The summed E-state index contributed by atoms with van der Waals surface area (Å²) in [6.07, 6.45) is 3.35. The van der Waals surface area contributed by atoms with Gasteiger partial charge in [-0.25, -0.2) is 9.59 Å². The molecule has 3 aliphatic heterocycles. The zero-order chi connectivity index (χ0) is 16.6. The van der Waals surface area contributed by atoms with Gasteiger partial charge in [-0.05, 0) is 31.3 Å². The molecule has 0 aromatic carbocycles. The standard InChI is InChI=1S/C17H23NO5/c1-3-11-8-10(2)15(19)17(21)22-9-12-4-6-18-7-5-13(14(12)18)23-16(11)20/h3-4,10,13-15,19H,5-9H2,1-2H3/b11-3-/t10-,13-,14+,15-/m1/s1. The lowest BCUT2D eigenvalue weighted by Gasteiger charge is -2.26. The van der Waals surface area contributed by atoms with Gasteiger partial charge in [0.2, 0.25) is 0 Å². The van der Waals surface area contributed by atoms with E-state index in [0.717, 1.165) is 25.1 Å². The maximum atomic E-state index is 12.4. The Balaban J connectivity index is 1.87. The van der Waals surface area contributed by atoms with E-state index in [1.165, 1.54) is 0 Å². The lowest BCUT2D eigenvalue weighted by Crippen LogP contribution is -2.38. The Bertz CT molecular complexity index is 567. The quantitative estimate of drug-likeness (QED) is 0.404. The molecule has 0 spiro atoms. The molecular formula is C17H23NO5. The van der Waals surface area contributed by atoms with E-state index in [0.29, 0.717) is 5.57 Å². The molecular weight excluding hydrogens is 298 g/mol. The van der Waals surface area contributed by atoms with E-state index >= 15 is 0 Å². The number of ether oxygens (including phenoxy) is 2. The highest BCUT2D eigenvalue weighted by Crippen LogP contribution is 2.32. The summed E-state index contributed by atoms with van der Waals surface area (Å²) in [5.41, 5.74) is 1.45. The number of hydrogen-bond acceptors (Lipinski definition) is 6. The molecule has 6 nitrogen and oxygen atoms in total. The first-order chi connectivity index (χ1) is 11.0. The van der Waals surface area contributed by atoms with Crippen LogP contribution in [0.2, 0.25) is 0 Å². The molecule has 126 valence electrons. The largest absolute Gasteiger partial charge is 0.459 e. The van der Waals surface area contributed by atoms with E-state index in [2.05, 4.69) is 4.90 Å². The number of hydrogen-bond donors (Lipinski definition) is 1. The number of rotatable bonds is 0. The highest BCUT2D eigenvalue weighted by molar-refractivity contribution is 5.88. The zero-order valence-corrected chi connectivity index (χ0v) is 13.5. The number of nitrogens with zero attached hydrogens (tertiary/aromatic N) is 1. The number of carbonyl (C=O) groups is 2. The Labute approximate surface area is 135 Å². The van der Waals surface area contributed by atoms with Crippen LogP contribution >= 0.6 is 0 Å². The van der Waals surface area contributed by atoms with Gasteiger partial charge in [-0.15, -0.1) is 0 Å². The molecule has 3 rings (SSSR count). The molecule has 0 radical (unpaired) electrons. The molecule has 23 heavy (non-hydrogen) atoms. The molecule has 6 heteroatoms. The fraction of sp³-hybridized carbons (Fsp3) is 0.647. The van der Waals surface area contributed by atoms with Crippen molar-refractivity contribution in [1.82, 2.24) is 4.90 Å². The first-order valence-corrected chi connectivity index (χ1v) is 8.15. The van der Waals surface area contributed by atoms with Gasteiger partial charge < -0.3 is 14.6 Å². The molecule has 0 aromatic rings. The second-order valence-electron chi connectivity index (χ2n) is 6.50. The molecule has 0 saturated carbocycles. The summed E-state index contributed by atoms with van der Waals surface area (Å²) >= 11 is 0. The SMILES string of the molecule is C/C=C1/C[C@@H](C)[C@@H](O)C(=O)OCC2=CCN3CC[C@@H](OC1=O)[C@H]23. The fourth-order valence-electron chi connectivity index (χ4n) is 3.59. The van der Waals surface area contributed by atoms with E-state index in [4.69, 9.17) is 9.47 Å². The second kappa shape index (κ2) is 6.45. The lowest BCUT2D eigenvalue weighted by molar-refractivity contribution is -0.156. The fourth-order valence-corrected chi connectivity index (χ4v) is 3.59. The van der Waals surface area contributed by atoms with Crippen molar-refractivity contribution in [3.63, 3.8) is 0 Å². The number of cyclic esters (lactones) is 1. The first kappa shape index (κ1) is 16.2. The van der Waals surface area contributed by atoms with Crippen molar-refractivity contribution in [1.29, 1.82) is 0 Å². The van der Waals surface area contributed by atoms with Gasteiger partial charge in [0.25, 0.3) is 0 Å². The van der Waals surface area contributed by atoms with Gasteiger partial charge in [0.05, 0.1) is 6.04 Å². The van der Waals surface area contributed by atoms with Gasteiger partial charge in [-0.3, -0.25) is 4.90 Å². The van der Waals surface area contributed by atoms with E-state index in [9.17, 15) is 14.7 Å². The minimum atomic E-state index is -1.24. The number of aliphatic hydroxyl groups is 1. The Morgan fingerprint density at radius 2 is 2.17 bits per heavy atom. The van der Waals surface area contributed by atoms with Gasteiger partial charge in [0.1, 0.15) is 12.7 Å². The smallest absolute Gasteiger partial charge is 0.335 e. The van der Waals surface area contributed by atoms with Crippen LogP contribution < -0.4 is 0 Å². The predicted octanol–water partition coefficient (Wildman–Crippen LogP) is 0.803. The zero-order valence-electron chi connectivity index (χ0n) is 13.5. The van der Waals surface area contributed by atoms with Crippen LogP contribution in [0.15, 0.2) is 23.3 Å². The van der Waals surface area contributed by atoms with E-state index in [1.54, 1.807) is 19.9 Å². The molecule has 0 bridgehead atoms. The van der Waals surface area contributed by atoms with Crippen molar-refractivity contribution < 1.29 is 24.2 Å². The van der Waals surface area contributed by atoms with Crippen molar-refractivity contribution in [3.05, 3.63) is 23.3 Å². The molecule has 1 N–H and O–H groups in total. The van der Waals surface area contributed by atoms with Crippen molar-refractivity contribution in [2.24, 2.45) is 5.92 Å². The van der Waals surface area contributed by atoms with Crippen LogP contribution in [0.5, 0.6) is 0 Å². The Morgan fingerprint density at radius 1 is 1.39 bits per heavy atom. The van der Waals surface area contributed by atoms with E-state index < -0.39 is 18.0 Å². The van der Waals surface area contributed by atoms with Crippen LogP contribution in [0.1, 0.15) is 26.7 Å². The van der Waals surface area contributed by atoms with Crippen LogP contribution in [0.25, 0.3) is 0 Å². The lowest BCUT2D eigenvalue weighted by atomic mass is 9.95. The van der Waals surface area contributed by atoms with Crippen molar-refractivity contribution in [2.75, 3.05) is 19.7 Å². The van der Waals surface area contributed by atoms with Crippen LogP contribution in [0, 0.1) is 5.92 Å². The summed E-state index contributed by atoms with van der Waals surface area (Å²) in [4.78, 5) is 26.7. The molecule has 4 atom stereocenters. The number of esters is 2. The highest BCUT2D eigenvalue weighted by Gasteiger charge is 2.42. The van der Waals surface area contributed by atoms with Gasteiger partial charge in [0, 0.05) is 18.7 Å². The topological polar surface area (TPSA) is 76.1 Å².